The van der Waals surface area contributed by atoms with E-state index in [9.17, 15) is 14.4 Å². The molecule has 0 aliphatic rings. The van der Waals surface area contributed by atoms with Crippen LogP contribution < -0.4 is 10.9 Å². The first-order valence-electron chi connectivity index (χ1n) is 9.31. The summed E-state index contributed by atoms with van der Waals surface area (Å²) in [7, 11) is 1.28. The first-order chi connectivity index (χ1) is 14.9. The lowest BCUT2D eigenvalue weighted by Crippen LogP contribution is -2.20. The highest BCUT2D eigenvalue weighted by atomic mass is 35.5. The number of nitrogens with one attached hydrogen (secondary N) is 2. The molecular formula is C22H20ClN3O4S. The molecule has 1 heterocycles. The van der Waals surface area contributed by atoms with E-state index in [0.29, 0.717) is 33.5 Å². The van der Waals surface area contributed by atoms with E-state index in [-0.39, 0.29) is 22.8 Å². The second-order valence-corrected chi connectivity index (χ2v) is 8.01. The Morgan fingerprint density at radius 3 is 2.55 bits per heavy atom. The van der Waals surface area contributed by atoms with Gasteiger partial charge < -0.3 is 15.0 Å². The van der Waals surface area contributed by atoms with E-state index in [0.717, 1.165) is 17.3 Å². The van der Waals surface area contributed by atoms with E-state index in [4.69, 9.17) is 16.3 Å². The van der Waals surface area contributed by atoms with Crippen LogP contribution in [0, 0.1) is 6.92 Å². The van der Waals surface area contributed by atoms with Crippen LogP contribution in [0.15, 0.2) is 58.5 Å². The summed E-state index contributed by atoms with van der Waals surface area (Å²) < 4.78 is 4.72. The molecule has 160 valence electrons. The number of thioether (sulfide) groups is 1. The molecule has 0 radical (unpaired) electrons. The van der Waals surface area contributed by atoms with Crippen LogP contribution in [0.25, 0.3) is 0 Å². The Kier molecular flexibility index (Phi) is 7.49. The van der Waals surface area contributed by atoms with E-state index in [1.54, 1.807) is 43.3 Å². The number of aromatic amines is 1. The average molecular weight is 458 g/mol. The molecule has 0 saturated heterocycles. The molecule has 0 aliphatic carbocycles. The fourth-order valence-electron chi connectivity index (χ4n) is 2.87. The minimum Gasteiger partial charge on any atom is -0.465 e. The van der Waals surface area contributed by atoms with Crippen LogP contribution in [-0.2, 0) is 16.0 Å². The molecule has 9 heteroatoms. The van der Waals surface area contributed by atoms with Crippen molar-refractivity contribution in [1.29, 1.82) is 0 Å². The van der Waals surface area contributed by atoms with Gasteiger partial charge in [0.05, 0.1) is 24.1 Å². The van der Waals surface area contributed by atoms with E-state index in [1.165, 1.54) is 7.11 Å². The summed E-state index contributed by atoms with van der Waals surface area (Å²) in [6.07, 6.45) is 0.432. The number of carbonyl (C=O) groups is 2. The van der Waals surface area contributed by atoms with Gasteiger partial charge in [0.1, 0.15) is 0 Å². The fraction of sp³-hybridized carbons (Fsp3) is 0.182. The van der Waals surface area contributed by atoms with Crippen LogP contribution in [0.5, 0.6) is 0 Å². The number of esters is 1. The number of amides is 1. The molecule has 3 rings (SSSR count). The number of methoxy groups -OCH3 is 1. The SMILES string of the molecule is COC(=O)c1ccccc1NC(=O)CSc1nc(C)c(Cc2ccc(Cl)cc2)c(=O)[nH]1. The topological polar surface area (TPSA) is 101 Å². The number of para-hydroxylation sites is 1. The van der Waals surface area contributed by atoms with Crippen molar-refractivity contribution in [2.24, 2.45) is 0 Å². The maximum absolute atomic E-state index is 12.5. The predicted molar refractivity (Wildman–Crippen MR) is 121 cm³/mol. The zero-order chi connectivity index (χ0) is 22.4. The second-order valence-electron chi connectivity index (χ2n) is 6.61. The highest BCUT2D eigenvalue weighted by molar-refractivity contribution is 7.99. The van der Waals surface area contributed by atoms with Crippen LogP contribution >= 0.6 is 23.4 Å². The maximum Gasteiger partial charge on any atom is 0.339 e. The molecule has 0 saturated carbocycles. The molecule has 0 fully saturated rings. The van der Waals surface area contributed by atoms with Crippen LogP contribution in [-0.4, -0.2) is 34.7 Å². The number of nitrogens with zero attached hydrogens (tertiary/aromatic N) is 1. The number of ether oxygens (including phenoxy) is 1. The van der Waals surface area contributed by atoms with Crippen LogP contribution in [0.2, 0.25) is 5.02 Å². The van der Waals surface area contributed by atoms with Crippen molar-refractivity contribution in [3.05, 3.63) is 86.3 Å². The lowest BCUT2D eigenvalue weighted by atomic mass is 10.1. The molecule has 2 aromatic carbocycles. The van der Waals surface area contributed by atoms with Crippen LogP contribution in [0.1, 0.15) is 27.2 Å². The molecule has 7 nitrogen and oxygen atoms in total. The largest absolute Gasteiger partial charge is 0.465 e. The highest BCUT2D eigenvalue weighted by Crippen LogP contribution is 2.19. The van der Waals surface area contributed by atoms with Gasteiger partial charge in [0.15, 0.2) is 5.16 Å². The monoisotopic (exact) mass is 457 g/mol. The van der Waals surface area contributed by atoms with Gasteiger partial charge in [-0.25, -0.2) is 9.78 Å². The molecule has 0 unspecified atom stereocenters. The Bertz CT molecular complexity index is 1160. The molecular weight excluding hydrogens is 438 g/mol. The molecule has 1 aromatic heterocycles. The number of aryl methyl sites for hydroxylation is 1. The molecule has 31 heavy (non-hydrogen) atoms. The molecule has 0 bridgehead atoms. The van der Waals surface area contributed by atoms with Gasteiger partial charge in [0.2, 0.25) is 5.91 Å². The van der Waals surface area contributed by atoms with Gasteiger partial charge in [-0.3, -0.25) is 9.59 Å². The number of hydrogen-bond acceptors (Lipinski definition) is 6. The van der Waals surface area contributed by atoms with Crippen molar-refractivity contribution in [3.8, 4) is 0 Å². The number of benzene rings is 2. The lowest BCUT2D eigenvalue weighted by Gasteiger charge is -2.10. The first kappa shape index (κ1) is 22.6. The van der Waals surface area contributed by atoms with E-state index >= 15 is 0 Å². The van der Waals surface area contributed by atoms with E-state index in [2.05, 4.69) is 15.3 Å². The molecule has 0 spiro atoms. The Morgan fingerprint density at radius 1 is 1.16 bits per heavy atom. The number of carbonyl (C=O) groups excluding carboxylic acids is 2. The van der Waals surface area contributed by atoms with Crippen LogP contribution in [0.3, 0.4) is 0 Å². The summed E-state index contributed by atoms with van der Waals surface area (Å²) in [5.74, 6) is -0.873. The zero-order valence-corrected chi connectivity index (χ0v) is 18.5. The summed E-state index contributed by atoms with van der Waals surface area (Å²) in [5.41, 5.74) is 2.47. The normalized spacial score (nSPS) is 10.5. The number of H-pyrrole nitrogens is 1. The van der Waals surface area contributed by atoms with Crippen molar-refractivity contribution in [2.45, 2.75) is 18.5 Å². The Hall–Kier alpha value is -3.10. The quantitative estimate of drug-likeness (QED) is 0.317. The third kappa shape index (κ3) is 5.96. The van der Waals surface area contributed by atoms with E-state index in [1.807, 2.05) is 12.1 Å². The van der Waals surface area contributed by atoms with Gasteiger partial charge in [-0.05, 0) is 36.8 Å². The van der Waals surface area contributed by atoms with Crippen molar-refractivity contribution in [2.75, 3.05) is 18.2 Å². The van der Waals surface area contributed by atoms with Gasteiger partial charge in [0.25, 0.3) is 5.56 Å². The maximum atomic E-state index is 12.5. The van der Waals surface area contributed by atoms with Gasteiger partial charge in [0, 0.05) is 22.7 Å². The standard InChI is InChI=1S/C22H20ClN3O4S/c1-13-17(11-14-7-9-15(23)10-8-14)20(28)26-22(24-13)31-12-19(27)25-18-6-4-3-5-16(18)21(29)30-2/h3-10H,11-12H2,1-2H3,(H,25,27)(H,24,26,28). The molecule has 0 aliphatic heterocycles. The number of aromatic nitrogens is 2. The van der Waals surface area contributed by atoms with Crippen LogP contribution in [0.4, 0.5) is 5.69 Å². The lowest BCUT2D eigenvalue weighted by molar-refractivity contribution is -0.113. The predicted octanol–water partition coefficient (Wildman–Crippen LogP) is 3.84. The molecule has 1 amide bonds. The second kappa shape index (κ2) is 10.3. The van der Waals surface area contributed by atoms with Gasteiger partial charge in [-0.1, -0.05) is 47.6 Å². The smallest absolute Gasteiger partial charge is 0.339 e. The highest BCUT2D eigenvalue weighted by Gasteiger charge is 2.15. The van der Waals surface area contributed by atoms with Gasteiger partial charge >= 0.3 is 5.97 Å². The van der Waals surface area contributed by atoms with Gasteiger partial charge in [-0.15, -0.1) is 0 Å². The number of hydrogen-bond donors (Lipinski definition) is 2. The Labute approximate surface area is 188 Å². The fourth-order valence-corrected chi connectivity index (χ4v) is 3.70. The third-order valence-electron chi connectivity index (χ3n) is 4.44. The van der Waals surface area contributed by atoms with Crippen molar-refractivity contribution in [1.82, 2.24) is 9.97 Å². The molecule has 2 N–H and O–H groups in total. The first-order valence-corrected chi connectivity index (χ1v) is 10.7. The van der Waals surface area contributed by atoms with Crippen molar-refractivity contribution >= 4 is 40.9 Å². The summed E-state index contributed by atoms with van der Waals surface area (Å²) in [4.78, 5) is 43.8. The third-order valence-corrected chi connectivity index (χ3v) is 5.57. The summed E-state index contributed by atoms with van der Waals surface area (Å²) in [5, 5.41) is 3.66. The Balaban J connectivity index is 1.66. The summed E-state index contributed by atoms with van der Waals surface area (Å²) >= 11 is 7.00. The Morgan fingerprint density at radius 2 is 1.87 bits per heavy atom. The van der Waals surface area contributed by atoms with Gasteiger partial charge in [-0.2, -0.15) is 0 Å². The minimum atomic E-state index is -0.540. The number of halogens is 1. The number of anilines is 1. The summed E-state index contributed by atoms with van der Waals surface area (Å²) in [6, 6.07) is 13.8. The van der Waals surface area contributed by atoms with Crippen molar-refractivity contribution < 1.29 is 14.3 Å². The number of rotatable bonds is 7. The minimum absolute atomic E-state index is 0.00835. The molecule has 3 aromatic rings. The average Bonchev–Trinajstić information content (AvgIpc) is 2.76. The van der Waals surface area contributed by atoms with E-state index < -0.39 is 5.97 Å². The summed E-state index contributed by atoms with van der Waals surface area (Å²) in [6.45, 7) is 1.76. The zero-order valence-electron chi connectivity index (χ0n) is 16.9. The van der Waals surface area contributed by atoms with Crippen molar-refractivity contribution in [3.63, 3.8) is 0 Å². The molecule has 0 atom stereocenters.